The minimum absolute atomic E-state index is 0.214. The summed E-state index contributed by atoms with van der Waals surface area (Å²) in [7, 11) is -2.20. The highest BCUT2D eigenvalue weighted by Crippen LogP contribution is 2.23. The first-order valence-corrected chi connectivity index (χ1v) is 12.1. The van der Waals surface area contributed by atoms with Crippen molar-refractivity contribution >= 4 is 21.6 Å². The van der Waals surface area contributed by atoms with E-state index in [4.69, 9.17) is 0 Å². The molecule has 4 rings (SSSR count). The monoisotopic (exact) mass is 475 g/mol. The second-order valence-corrected chi connectivity index (χ2v) is 9.93. The molecule has 0 bridgehead atoms. The van der Waals surface area contributed by atoms with Crippen molar-refractivity contribution in [3.8, 4) is 5.69 Å². The summed E-state index contributed by atoms with van der Waals surface area (Å²) >= 11 is 0. The van der Waals surface area contributed by atoms with Crippen LogP contribution in [0.25, 0.3) is 5.69 Å². The summed E-state index contributed by atoms with van der Waals surface area (Å²) in [6.07, 6.45) is 3.09. The van der Waals surface area contributed by atoms with E-state index in [-0.39, 0.29) is 16.8 Å². The highest BCUT2D eigenvalue weighted by atomic mass is 32.2. The van der Waals surface area contributed by atoms with Crippen LogP contribution in [0.1, 0.15) is 34.5 Å². The number of sulfonamides is 1. The highest BCUT2D eigenvalue weighted by molar-refractivity contribution is 7.92. The molecule has 1 heterocycles. The molecule has 174 valence electrons. The van der Waals surface area contributed by atoms with Gasteiger partial charge >= 0.3 is 0 Å². The van der Waals surface area contributed by atoms with Crippen LogP contribution in [0.5, 0.6) is 0 Å². The van der Waals surface area contributed by atoms with E-state index in [9.17, 15) is 13.2 Å². The molecule has 1 aromatic heterocycles. The first-order chi connectivity index (χ1) is 16.3. The van der Waals surface area contributed by atoms with Gasteiger partial charge in [-0.1, -0.05) is 29.8 Å². The molecule has 1 amide bonds. The van der Waals surface area contributed by atoms with Crippen LogP contribution >= 0.6 is 0 Å². The maximum Gasteiger partial charge on any atom is 0.264 e. The molecule has 0 radical (unpaired) electrons. The van der Waals surface area contributed by atoms with Gasteiger partial charge in [0.2, 0.25) is 0 Å². The topological polar surface area (TPSA) is 97.2 Å². The third-order valence-corrected chi connectivity index (χ3v) is 7.40. The predicted molar refractivity (Wildman–Crippen MR) is 130 cm³/mol. The van der Waals surface area contributed by atoms with E-state index in [1.165, 1.54) is 17.7 Å². The van der Waals surface area contributed by atoms with Gasteiger partial charge in [0.15, 0.2) is 0 Å². The highest BCUT2D eigenvalue weighted by Gasteiger charge is 2.21. The normalized spacial score (nSPS) is 12.2. The summed E-state index contributed by atoms with van der Waals surface area (Å²) in [4.78, 5) is 16.9. The van der Waals surface area contributed by atoms with Gasteiger partial charge in [-0.2, -0.15) is 5.10 Å². The van der Waals surface area contributed by atoms with Gasteiger partial charge in [-0.05, 0) is 67.9 Å². The van der Waals surface area contributed by atoms with Crippen LogP contribution in [0.15, 0.2) is 90.3 Å². The Hall–Kier alpha value is -3.98. The molecule has 0 unspecified atom stereocenters. The molecule has 0 fully saturated rings. The van der Waals surface area contributed by atoms with Gasteiger partial charge in [0.25, 0.3) is 15.9 Å². The first kappa shape index (κ1) is 23.2. The van der Waals surface area contributed by atoms with Crippen LogP contribution in [0.3, 0.4) is 0 Å². The predicted octanol–water partition coefficient (Wildman–Crippen LogP) is 3.89. The zero-order valence-corrected chi connectivity index (χ0v) is 19.9. The van der Waals surface area contributed by atoms with E-state index in [0.717, 1.165) is 16.8 Å². The smallest absolute Gasteiger partial charge is 0.264 e. The fourth-order valence-corrected chi connectivity index (χ4v) is 4.65. The Morgan fingerprint density at radius 2 is 1.62 bits per heavy atom. The molecule has 1 N–H and O–H groups in total. The van der Waals surface area contributed by atoms with Gasteiger partial charge in [0.1, 0.15) is 12.7 Å². The molecule has 3 aromatic carbocycles. The Morgan fingerprint density at radius 1 is 0.971 bits per heavy atom. The average Bonchev–Trinajstić information content (AvgIpc) is 3.39. The fourth-order valence-electron chi connectivity index (χ4n) is 3.45. The number of rotatable bonds is 7. The quantitative estimate of drug-likeness (QED) is 0.437. The van der Waals surface area contributed by atoms with Gasteiger partial charge in [-0.25, -0.2) is 18.1 Å². The van der Waals surface area contributed by atoms with Crippen LogP contribution in [0, 0.1) is 6.92 Å². The standard InChI is InChI=1S/C25H25N5O3S/c1-18-4-14-24(15-5-18)34(32,33)29(3)22-10-8-21(9-11-22)25(31)28-19(2)20-6-12-23(13-7-20)30-17-26-16-27-30/h4-17,19H,1-3H3,(H,28,31)/t19-/m1/s1. The molecule has 0 saturated heterocycles. The molecule has 0 aliphatic carbocycles. The third kappa shape index (κ3) is 4.84. The van der Waals surface area contributed by atoms with Gasteiger partial charge in [0, 0.05) is 12.6 Å². The number of benzene rings is 3. The fraction of sp³-hybridized carbons (Fsp3) is 0.160. The Morgan fingerprint density at radius 3 is 2.21 bits per heavy atom. The lowest BCUT2D eigenvalue weighted by Gasteiger charge is -2.20. The van der Waals surface area contributed by atoms with Crippen LogP contribution in [-0.2, 0) is 10.0 Å². The number of hydrogen-bond acceptors (Lipinski definition) is 5. The van der Waals surface area contributed by atoms with E-state index in [1.807, 2.05) is 38.1 Å². The van der Waals surface area contributed by atoms with Crippen molar-refractivity contribution in [3.63, 3.8) is 0 Å². The lowest BCUT2D eigenvalue weighted by atomic mass is 10.1. The van der Waals surface area contributed by atoms with Crippen molar-refractivity contribution in [3.05, 3.63) is 102 Å². The maximum atomic E-state index is 12.9. The molecule has 1 atom stereocenters. The zero-order chi connectivity index (χ0) is 24.3. The summed E-state index contributed by atoms with van der Waals surface area (Å²) in [5.74, 6) is -0.247. The number of nitrogens with zero attached hydrogens (tertiary/aromatic N) is 4. The van der Waals surface area contributed by atoms with Crippen LogP contribution in [-0.4, -0.2) is 36.1 Å². The molecular formula is C25H25N5O3S. The second-order valence-electron chi connectivity index (χ2n) is 7.96. The van der Waals surface area contributed by atoms with Crippen LogP contribution in [0.2, 0.25) is 0 Å². The van der Waals surface area contributed by atoms with Crippen molar-refractivity contribution in [1.29, 1.82) is 0 Å². The van der Waals surface area contributed by atoms with Gasteiger partial charge < -0.3 is 5.32 Å². The van der Waals surface area contributed by atoms with Crippen molar-refractivity contribution in [2.75, 3.05) is 11.4 Å². The van der Waals surface area contributed by atoms with Crippen LogP contribution < -0.4 is 9.62 Å². The molecule has 34 heavy (non-hydrogen) atoms. The maximum absolute atomic E-state index is 12.9. The lowest BCUT2D eigenvalue weighted by molar-refractivity contribution is 0.0940. The summed E-state index contributed by atoms with van der Waals surface area (Å²) in [5.41, 5.74) is 3.71. The van der Waals surface area contributed by atoms with E-state index in [1.54, 1.807) is 59.5 Å². The Bertz CT molecular complexity index is 1370. The van der Waals surface area contributed by atoms with E-state index < -0.39 is 10.0 Å². The number of hydrogen-bond donors (Lipinski definition) is 1. The molecule has 0 aliphatic rings. The summed E-state index contributed by atoms with van der Waals surface area (Å²) in [5, 5.41) is 7.07. The summed E-state index contributed by atoms with van der Waals surface area (Å²) < 4.78 is 28.7. The molecule has 0 spiro atoms. The third-order valence-electron chi connectivity index (χ3n) is 5.60. The summed E-state index contributed by atoms with van der Waals surface area (Å²) in [6.45, 7) is 3.80. The number of carbonyl (C=O) groups is 1. The van der Waals surface area contributed by atoms with Crippen LogP contribution in [0.4, 0.5) is 5.69 Å². The average molecular weight is 476 g/mol. The lowest BCUT2D eigenvalue weighted by Crippen LogP contribution is -2.28. The van der Waals surface area contributed by atoms with Gasteiger partial charge in [-0.3, -0.25) is 9.10 Å². The molecule has 0 saturated carbocycles. The van der Waals surface area contributed by atoms with E-state index >= 15 is 0 Å². The largest absolute Gasteiger partial charge is 0.346 e. The van der Waals surface area contributed by atoms with Crippen molar-refractivity contribution in [2.24, 2.45) is 0 Å². The van der Waals surface area contributed by atoms with Crippen molar-refractivity contribution in [2.45, 2.75) is 24.8 Å². The number of anilines is 1. The minimum Gasteiger partial charge on any atom is -0.346 e. The minimum atomic E-state index is -3.69. The number of amides is 1. The Balaban J connectivity index is 1.43. The Labute approximate surface area is 198 Å². The van der Waals surface area contributed by atoms with Crippen molar-refractivity contribution < 1.29 is 13.2 Å². The van der Waals surface area contributed by atoms with Gasteiger partial charge in [0.05, 0.1) is 22.3 Å². The zero-order valence-electron chi connectivity index (χ0n) is 19.1. The van der Waals surface area contributed by atoms with E-state index in [0.29, 0.717) is 11.3 Å². The number of aromatic nitrogens is 3. The number of nitrogens with one attached hydrogen (secondary N) is 1. The molecule has 9 heteroatoms. The summed E-state index contributed by atoms with van der Waals surface area (Å²) in [6, 6.07) is 20.6. The van der Waals surface area contributed by atoms with Crippen molar-refractivity contribution in [1.82, 2.24) is 20.1 Å². The molecule has 4 aromatic rings. The number of aryl methyl sites for hydroxylation is 1. The Kier molecular flexibility index (Phi) is 6.47. The molecule has 8 nitrogen and oxygen atoms in total. The number of carbonyl (C=O) groups excluding carboxylic acids is 1. The molecule has 0 aliphatic heterocycles. The second kappa shape index (κ2) is 9.48. The molecular weight excluding hydrogens is 450 g/mol. The first-order valence-electron chi connectivity index (χ1n) is 10.7. The SMILES string of the molecule is Cc1ccc(S(=O)(=O)N(C)c2ccc(C(=O)N[C@H](C)c3ccc(-n4cncn4)cc3)cc2)cc1. The van der Waals surface area contributed by atoms with E-state index in [2.05, 4.69) is 15.4 Å². The van der Waals surface area contributed by atoms with Gasteiger partial charge in [-0.15, -0.1) is 0 Å².